The van der Waals surface area contributed by atoms with Crippen LogP contribution in [0.1, 0.15) is 17.5 Å². The second-order valence-corrected chi connectivity index (χ2v) is 5.45. The predicted molar refractivity (Wildman–Crippen MR) is 90.9 cm³/mol. The summed E-state index contributed by atoms with van der Waals surface area (Å²) in [4.78, 5) is 12.0. The van der Waals surface area contributed by atoms with E-state index in [0.717, 1.165) is 23.3 Å². The molecule has 0 atom stereocenters. The summed E-state index contributed by atoms with van der Waals surface area (Å²) in [7, 11) is 0. The van der Waals surface area contributed by atoms with E-state index in [1.54, 1.807) is 12.1 Å². The molecule has 0 radical (unpaired) electrons. The third-order valence-corrected chi connectivity index (χ3v) is 3.48. The molecule has 2 aromatic carbocycles. The lowest BCUT2D eigenvalue weighted by atomic mass is 10.1. The fraction of sp³-hybridized carbons (Fsp3) is 0.211. The molecule has 0 fully saturated rings. The highest BCUT2D eigenvalue weighted by Gasteiger charge is 2.11. The summed E-state index contributed by atoms with van der Waals surface area (Å²) in [5.74, 6) is 1.21. The van der Waals surface area contributed by atoms with Crippen LogP contribution in [0.5, 0.6) is 11.5 Å². The molecule has 0 saturated heterocycles. The number of hydrogen-bond acceptors (Lipinski definition) is 3. The lowest BCUT2D eigenvalue weighted by Crippen LogP contribution is -2.08. The molecule has 2 aromatic rings. The number of aryl methyl sites for hydroxylation is 1. The van der Waals surface area contributed by atoms with Gasteiger partial charge in [-0.15, -0.1) is 0 Å². The zero-order valence-electron chi connectivity index (χ0n) is 13.0. The lowest BCUT2D eigenvalue weighted by Gasteiger charge is -2.09. The second kappa shape index (κ2) is 7.01. The molecule has 118 valence electrons. The molecule has 1 heterocycles. The van der Waals surface area contributed by atoms with Crippen molar-refractivity contribution in [1.29, 1.82) is 0 Å². The Morgan fingerprint density at radius 3 is 2.74 bits per heavy atom. The van der Waals surface area contributed by atoms with Gasteiger partial charge in [-0.2, -0.15) is 0 Å². The van der Waals surface area contributed by atoms with Gasteiger partial charge in [-0.1, -0.05) is 29.8 Å². The van der Waals surface area contributed by atoms with Crippen LogP contribution in [0.3, 0.4) is 0 Å². The summed E-state index contributed by atoms with van der Waals surface area (Å²) in [6, 6.07) is 13.4. The van der Waals surface area contributed by atoms with Gasteiger partial charge in [0.15, 0.2) is 11.5 Å². The molecule has 1 aliphatic heterocycles. The van der Waals surface area contributed by atoms with Crippen LogP contribution in [0, 0.1) is 6.92 Å². The molecule has 0 spiro atoms. The number of hydrogen-bond donors (Lipinski definition) is 1. The van der Waals surface area contributed by atoms with Crippen LogP contribution >= 0.6 is 0 Å². The van der Waals surface area contributed by atoms with Crippen molar-refractivity contribution in [3.05, 3.63) is 59.7 Å². The molecule has 0 saturated carbocycles. The zero-order valence-corrected chi connectivity index (χ0v) is 13.0. The van der Waals surface area contributed by atoms with Crippen molar-refractivity contribution < 1.29 is 14.3 Å². The van der Waals surface area contributed by atoms with Gasteiger partial charge < -0.3 is 14.8 Å². The topological polar surface area (TPSA) is 47.6 Å². The SMILES string of the molecule is Cc1cccc(C=CC(=O)Nc2ccc3c(c2)OCCCO3)c1. The van der Waals surface area contributed by atoms with E-state index in [2.05, 4.69) is 5.32 Å². The summed E-state index contributed by atoms with van der Waals surface area (Å²) in [6.07, 6.45) is 4.18. The van der Waals surface area contributed by atoms with Crippen molar-refractivity contribution in [2.75, 3.05) is 18.5 Å². The Hall–Kier alpha value is -2.75. The summed E-state index contributed by atoms with van der Waals surface area (Å²) < 4.78 is 11.2. The largest absolute Gasteiger partial charge is 0.490 e. The molecule has 0 bridgehead atoms. The van der Waals surface area contributed by atoms with E-state index in [9.17, 15) is 4.79 Å². The Labute approximate surface area is 135 Å². The fourth-order valence-corrected chi connectivity index (χ4v) is 2.37. The van der Waals surface area contributed by atoms with E-state index in [1.165, 1.54) is 6.08 Å². The van der Waals surface area contributed by atoms with Crippen LogP contribution in [-0.4, -0.2) is 19.1 Å². The molecule has 4 heteroatoms. The number of fused-ring (bicyclic) bond motifs is 1. The van der Waals surface area contributed by atoms with E-state index in [0.29, 0.717) is 24.7 Å². The van der Waals surface area contributed by atoms with Gasteiger partial charge in [0, 0.05) is 24.3 Å². The third-order valence-electron chi connectivity index (χ3n) is 3.48. The molecular weight excluding hydrogens is 290 g/mol. The average molecular weight is 309 g/mol. The maximum absolute atomic E-state index is 12.0. The molecule has 0 aromatic heterocycles. The smallest absolute Gasteiger partial charge is 0.248 e. The maximum atomic E-state index is 12.0. The molecule has 1 amide bonds. The number of carbonyl (C=O) groups excluding carboxylic acids is 1. The first-order valence-electron chi connectivity index (χ1n) is 7.66. The molecule has 0 aliphatic carbocycles. The van der Waals surface area contributed by atoms with E-state index in [-0.39, 0.29) is 5.91 Å². The highest BCUT2D eigenvalue weighted by molar-refractivity contribution is 6.02. The summed E-state index contributed by atoms with van der Waals surface area (Å²) >= 11 is 0. The maximum Gasteiger partial charge on any atom is 0.248 e. The first kappa shape index (κ1) is 15.2. The minimum atomic E-state index is -0.180. The average Bonchev–Trinajstić information content (AvgIpc) is 2.78. The van der Waals surface area contributed by atoms with Gasteiger partial charge in [0.05, 0.1) is 13.2 Å². The Bertz CT molecular complexity index is 737. The Balaban J connectivity index is 1.67. The van der Waals surface area contributed by atoms with Gasteiger partial charge >= 0.3 is 0 Å². The third kappa shape index (κ3) is 4.13. The first-order valence-corrected chi connectivity index (χ1v) is 7.66. The standard InChI is InChI=1S/C19H19NO3/c1-14-4-2-5-15(12-14)6-9-19(21)20-16-7-8-17-18(13-16)23-11-3-10-22-17/h2,4-9,12-13H,3,10-11H2,1H3,(H,20,21). The summed E-state index contributed by atoms with van der Waals surface area (Å²) in [5.41, 5.74) is 2.85. The quantitative estimate of drug-likeness (QED) is 0.877. The van der Waals surface area contributed by atoms with Crippen molar-refractivity contribution in [3.63, 3.8) is 0 Å². The van der Waals surface area contributed by atoms with Crippen molar-refractivity contribution in [1.82, 2.24) is 0 Å². The second-order valence-electron chi connectivity index (χ2n) is 5.45. The van der Waals surface area contributed by atoms with Crippen LogP contribution in [0.15, 0.2) is 48.5 Å². The Kier molecular flexibility index (Phi) is 4.62. The Morgan fingerprint density at radius 2 is 1.91 bits per heavy atom. The molecule has 4 nitrogen and oxygen atoms in total. The first-order chi connectivity index (χ1) is 11.2. The monoisotopic (exact) mass is 309 g/mol. The Morgan fingerprint density at radius 1 is 1.09 bits per heavy atom. The molecule has 23 heavy (non-hydrogen) atoms. The van der Waals surface area contributed by atoms with Crippen LogP contribution in [0.25, 0.3) is 6.08 Å². The normalized spacial score (nSPS) is 13.6. The van der Waals surface area contributed by atoms with Gasteiger partial charge in [-0.25, -0.2) is 0 Å². The minimum Gasteiger partial charge on any atom is -0.490 e. The number of carbonyl (C=O) groups is 1. The number of benzene rings is 2. The predicted octanol–water partition coefficient (Wildman–Crippen LogP) is 3.81. The van der Waals surface area contributed by atoms with E-state index in [4.69, 9.17) is 9.47 Å². The fourth-order valence-electron chi connectivity index (χ4n) is 2.37. The van der Waals surface area contributed by atoms with Crippen molar-refractivity contribution in [2.24, 2.45) is 0 Å². The van der Waals surface area contributed by atoms with Crippen LogP contribution in [-0.2, 0) is 4.79 Å². The molecular formula is C19H19NO3. The highest BCUT2D eigenvalue weighted by Crippen LogP contribution is 2.32. The van der Waals surface area contributed by atoms with Gasteiger partial charge in [0.2, 0.25) is 5.91 Å². The number of rotatable bonds is 3. The van der Waals surface area contributed by atoms with E-state index >= 15 is 0 Å². The van der Waals surface area contributed by atoms with Crippen molar-refractivity contribution >= 4 is 17.7 Å². The number of ether oxygens (including phenoxy) is 2. The number of amides is 1. The minimum absolute atomic E-state index is 0.180. The van der Waals surface area contributed by atoms with Gasteiger partial charge in [0.1, 0.15) is 0 Å². The van der Waals surface area contributed by atoms with Crippen LogP contribution in [0.2, 0.25) is 0 Å². The lowest BCUT2D eigenvalue weighted by molar-refractivity contribution is -0.111. The van der Waals surface area contributed by atoms with E-state index in [1.807, 2.05) is 43.3 Å². The number of nitrogens with one attached hydrogen (secondary N) is 1. The molecule has 1 N–H and O–H groups in total. The zero-order chi connectivity index (χ0) is 16.1. The molecule has 1 aliphatic rings. The molecule has 0 unspecified atom stereocenters. The van der Waals surface area contributed by atoms with Crippen molar-refractivity contribution in [2.45, 2.75) is 13.3 Å². The summed E-state index contributed by atoms with van der Waals surface area (Å²) in [5, 5.41) is 2.84. The van der Waals surface area contributed by atoms with Gasteiger partial charge in [0.25, 0.3) is 0 Å². The van der Waals surface area contributed by atoms with Crippen molar-refractivity contribution in [3.8, 4) is 11.5 Å². The van der Waals surface area contributed by atoms with Gasteiger partial charge in [-0.05, 0) is 30.7 Å². The summed E-state index contributed by atoms with van der Waals surface area (Å²) in [6.45, 7) is 3.30. The van der Waals surface area contributed by atoms with Crippen LogP contribution < -0.4 is 14.8 Å². The number of anilines is 1. The van der Waals surface area contributed by atoms with E-state index < -0.39 is 0 Å². The highest BCUT2D eigenvalue weighted by atomic mass is 16.5. The van der Waals surface area contributed by atoms with Gasteiger partial charge in [-0.3, -0.25) is 4.79 Å². The van der Waals surface area contributed by atoms with Crippen LogP contribution in [0.4, 0.5) is 5.69 Å². The molecule has 3 rings (SSSR count).